The van der Waals surface area contributed by atoms with Crippen molar-refractivity contribution in [2.75, 3.05) is 0 Å². The number of aryl methyl sites for hydroxylation is 2. The first-order chi connectivity index (χ1) is 21.0. The minimum absolute atomic E-state index is 0. The Morgan fingerprint density at radius 2 is 0.933 bits per heavy atom. The zero-order valence-corrected chi connectivity index (χ0v) is 33.3. The second kappa shape index (κ2) is 17.5. The molecule has 0 fully saturated rings. The summed E-state index contributed by atoms with van der Waals surface area (Å²) >= 11 is -2.43. The predicted molar refractivity (Wildman–Crippen MR) is 187 cm³/mol. The Morgan fingerprint density at radius 1 is 0.533 bits per heavy atom. The number of allylic oxidation sites excluding steroid dienone is 8. The van der Waals surface area contributed by atoms with Gasteiger partial charge in [0.05, 0.1) is 0 Å². The molecule has 3 aromatic rings. The molecule has 4 heteroatoms. The van der Waals surface area contributed by atoms with E-state index in [1.165, 1.54) is 35.1 Å². The predicted octanol–water partition coefficient (Wildman–Crippen LogP) is 4.84. The van der Waals surface area contributed by atoms with Crippen molar-refractivity contribution in [3.63, 3.8) is 0 Å². The van der Waals surface area contributed by atoms with Crippen molar-refractivity contribution in [2.24, 2.45) is 11.8 Å². The Bertz CT molecular complexity index is 1540. The fourth-order valence-electron chi connectivity index (χ4n) is 7.66. The molecule has 0 bridgehead atoms. The van der Waals surface area contributed by atoms with Crippen molar-refractivity contribution < 1.29 is 45.2 Å². The monoisotopic (exact) mass is 730 g/mol. The van der Waals surface area contributed by atoms with Crippen LogP contribution in [0.25, 0.3) is 11.1 Å². The summed E-state index contributed by atoms with van der Waals surface area (Å²) in [4.78, 5) is 0. The van der Waals surface area contributed by atoms with Crippen molar-refractivity contribution in [1.82, 2.24) is 0 Å². The summed E-state index contributed by atoms with van der Waals surface area (Å²) in [5, 5.41) is 1.64. The van der Waals surface area contributed by atoms with Gasteiger partial charge in [-0.3, -0.25) is 0 Å². The van der Waals surface area contributed by atoms with Gasteiger partial charge in [-0.05, 0) is 0 Å². The quantitative estimate of drug-likeness (QED) is 0.248. The van der Waals surface area contributed by atoms with Gasteiger partial charge in [0, 0.05) is 0 Å². The normalized spacial score (nSPS) is 17.3. The van der Waals surface area contributed by atoms with Gasteiger partial charge < -0.3 is 24.8 Å². The summed E-state index contributed by atoms with van der Waals surface area (Å²) in [6.45, 7) is 17.1. The van der Waals surface area contributed by atoms with Gasteiger partial charge in [-0.25, -0.2) is 0 Å². The van der Waals surface area contributed by atoms with Crippen LogP contribution in [0, 0.1) is 11.8 Å². The average molecular weight is 733 g/mol. The third-order valence-electron chi connectivity index (χ3n) is 9.86. The Morgan fingerprint density at radius 3 is 1.31 bits per heavy atom. The molecule has 0 radical (unpaired) electrons. The van der Waals surface area contributed by atoms with Crippen LogP contribution in [0.5, 0.6) is 0 Å². The number of rotatable bonds is 11. The summed E-state index contributed by atoms with van der Waals surface area (Å²) in [6.07, 6.45) is 12.3. The van der Waals surface area contributed by atoms with E-state index in [2.05, 4.69) is 139 Å². The van der Waals surface area contributed by atoms with Crippen LogP contribution >= 0.6 is 0 Å². The molecule has 5 rings (SSSR count). The minimum Gasteiger partial charge on any atom is -1.00 e. The second-order valence-electron chi connectivity index (χ2n) is 12.1. The molecule has 0 saturated carbocycles. The van der Waals surface area contributed by atoms with Gasteiger partial charge in [0.1, 0.15) is 0 Å². The first-order valence-corrected chi connectivity index (χ1v) is 25.0. The van der Waals surface area contributed by atoms with Gasteiger partial charge in [-0.1, -0.05) is 0 Å². The smallest absolute Gasteiger partial charge is 1.00 e. The molecule has 45 heavy (non-hydrogen) atoms. The first-order valence-electron chi connectivity index (χ1n) is 16.9. The van der Waals surface area contributed by atoms with Crippen molar-refractivity contribution in [1.29, 1.82) is 0 Å². The molecular weight excluding hydrogens is 683 g/mol. The van der Waals surface area contributed by atoms with Gasteiger partial charge in [0.15, 0.2) is 0 Å². The van der Waals surface area contributed by atoms with E-state index in [0.29, 0.717) is 11.8 Å². The molecule has 0 spiro atoms. The molecule has 2 aliphatic rings. The maximum Gasteiger partial charge on any atom is -1.00 e. The van der Waals surface area contributed by atoms with Crippen LogP contribution in [0.15, 0.2) is 109 Å². The second-order valence-corrected chi connectivity index (χ2v) is 26.9. The van der Waals surface area contributed by atoms with Crippen LogP contribution in [0.3, 0.4) is 0 Å². The van der Waals surface area contributed by atoms with Crippen molar-refractivity contribution in [3.05, 3.63) is 131 Å². The molecule has 0 aliphatic heterocycles. The summed E-state index contributed by atoms with van der Waals surface area (Å²) in [5.41, 5.74) is 11.7. The van der Waals surface area contributed by atoms with E-state index in [-0.39, 0.29) is 24.8 Å². The Kier molecular flexibility index (Phi) is 14.6. The van der Waals surface area contributed by atoms with E-state index < -0.39 is 25.8 Å². The molecule has 0 nitrogen and oxygen atoms in total. The molecule has 236 valence electrons. The van der Waals surface area contributed by atoms with E-state index in [1.807, 2.05) is 6.56 Å². The van der Waals surface area contributed by atoms with Crippen LogP contribution < -0.4 is 30.0 Å². The number of hydrogen-bond acceptors (Lipinski definition) is 0. The molecular formula is C41H50Cl2SiZr. The maximum absolute atomic E-state index is 2.71. The SMILES string of the molecule is CCC1=[C]([Zr+2]([C]2=C(CC)C(c3ccccc3CC)=CC2CC)=[Si](C)c2ccccc2)C(CC)C=C1c1ccccc1CC.[Cl-].[Cl-]. The van der Waals surface area contributed by atoms with Gasteiger partial charge in [0.2, 0.25) is 0 Å². The van der Waals surface area contributed by atoms with E-state index in [4.69, 9.17) is 0 Å². The Hall–Kier alpha value is -1.70. The maximum atomic E-state index is 2.71. The number of benzene rings is 3. The van der Waals surface area contributed by atoms with Gasteiger partial charge in [0.25, 0.3) is 0 Å². The zero-order chi connectivity index (χ0) is 30.5. The Labute approximate surface area is 294 Å². The van der Waals surface area contributed by atoms with Gasteiger partial charge >= 0.3 is 272 Å². The zero-order valence-electron chi connectivity index (χ0n) is 28.3. The fourth-order valence-corrected chi connectivity index (χ4v) is 29.7. The molecule has 3 aromatic carbocycles. The molecule has 0 N–H and O–H groups in total. The van der Waals surface area contributed by atoms with Crippen LogP contribution in [0.4, 0.5) is 0 Å². The van der Waals surface area contributed by atoms with Crippen molar-refractivity contribution >= 4 is 21.8 Å². The molecule has 0 amide bonds. The average Bonchev–Trinajstić information content (AvgIpc) is 3.63. The third kappa shape index (κ3) is 7.41. The van der Waals surface area contributed by atoms with Crippen molar-refractivity contribution in [3.8, 4) is 0 Å². The molecule has 0 heterocycles. The van der Waals surface area contributed by atoms with Crippen LogP contribution in [0.2, 0.25) is 6.55 Å². The van der Waals surface area contributed by atoms with Gasteiger partial charge in [-0.15, -0.1) is 0 Å². The fraction of sp³-hybridized carbons (Fsp3) is 0.366. The summed E-state index contributed by atoms with van der Waals surface area (Å²) in [7, 11) is 0. The van der Waals surface area contributed by atoms with Gasteiger partial charge in [-0.2, -0.15) is 0 Å². The molecule has 2 atom stereocenters. The molecule has 0 aromatic heterocycles. The van der Waals surface area contributed by atoms with E-state index in [0.717, 1.165) is 25.7 Å². The summed E-state index contributed by atoms with van der Waals surface area (Å²) in [6, 6.07) is 30.1. The topological polar surface area (TPSA) is 0 Å². The minimum atomic E-state index is -2.43. The van der Waals surface area contributed by atoms with Crippen LogP contribution in [0.1, 0.15) is 89.5 Å². The number of halogens is 2. The summed E-state index contributed by atoms with van der Waals surface area (Å²) in [5.74, 6) is 1.14. The van der Waals surface area contributed by atoms with Crippen LogP contribution in [-0.2, 0) is 33.2 Å². The number of hydrogen-bond donors (Lipinski definition) is 0. The van der Waals surface area contributed by atoms with E-state index in [9.17, 15) is 0 Å². The summed E-state index contributed by atoms with van der Waals surface area (Å²) < 4.78 is 3.87. The third-order valence-corrected chi connectivity index (χ3v) is 28.6. The standard InChI is InChI=1S/2C17H21.C7H8Si.2ClH.Zr/c2*1-4-13-11-15(6-3)17(12-13)16-10-8-7-9-14(16)5-2;1-8-7-5-3-2-4-6-7;;;/h2*7-10,12-13H,4-6H2,1-3H3;2-6H,1H3;2*1H;/q;;;;;+2/p-2. The van der Waals surface area contributed by atoms with Crippen LogP contribution in [-0.4, -0.2) is 5.43 Å². The van der Waals surface area contributed by atoms with E-state index in [1.54, 1.807) is 27.5 Å². The van der Waals surface area contributed by atoms with Crippen molar-refractivity contribution in [2.45, 2.75) is 86.6 Å². The molecule has 0 saturated heterocycles. The largest absolute Gasteiger partial charge is 1.00 e. The van der Waals surface area contributed by atoms with E-state index >= 15 is 0 Å². The Balaban J connectivity index is 0.00000276. The molecule has 2 unspecified atom stereocenters. The molecule has 2 aliphatic carbocycles. The first kappa shape index (κ1) is 37.8.